The number of piperidine rings is 1. The summed E-state index contributed by atoms with van der Waals surface area (Å²) < 4.78 is 0. The molecular weight excluding hydrogens is 266 g/mol. The third-order valence-corrected chi connectivity index (χ3v) is 4.08. The standard InChI is InChI=1S/C13H18ClN3O2/c1-9(15)10-5-7-16(8-6-10)12-4-2-3-11(14)13(12)17(18)19/h2-4,9-10H,5-8,15H2,1H3. The minimum absolute atomic E-state index is 0.00316. The first-order valence-electron chi connectivity index (χ1n) is 6.44. The molecule has 0 saturated carbocycles. The summed E-state index contributed by atoms with van der Waals surface area (Å²) in [5.74, 6) is 0.495. The molecule has 2 N–H and O–H groups in total. The van der Waals surface area contributed by atoms with Gasteiger partial charge in [-0.3, -0.25) is 10.1 Å². The average molecular weight is 284 g/mol. The largest absolute Gasteiger partial charge is 0.366 e. The zero-order chi connectivity index (χ0) is 14.0. The van der Waals surface area contributed by atoms with Gasteiger partial charge in [0, 0.05) is 19.1 Å². The van der Waals surface area contributed by atoms with E-state index in [9.17, 15) is 10.1 Å². The number of nitro groups is 1. The van der Waals surface area contributed by atoms with Gasteiger partial charge in [0.05, 0.1) is 4.92 Å². The number of rotatable bonds is 3. The lowest BCUT2D eigenvalue weighted by molar-refractivity contribution is -0.384. The lowest BCUT2D eigenvalue weighted by Crippen LogP contribution is -2.39. The molecule has 1 heterocycles. The van der Waals surface area contributed by atoms with Crippen molar-refractivity contribution in [3.05, 3.63) is 33.3 Å². The number of benzene rings is 1. The molecule has 104 valence electrons. The second-order valence-electron chi connectivity index (χ2n) is 5.05. The second kappa shape index (κ2) is 5.75. The first kappa shape index (κ1) is 14.1. The van der Waals surface area contributed by atoms with Crippen LogP contribution in [-0.4, -0.2) is 24.1 Å². The summed E-state index contributed by atoms with van der Waals surface area (Å²) >= 11 is 5.93. The van der Waals surface area contributed by atoms with E-state index in [1.165, 1.54) is 0 Å². The topological polar surface area (TPSA) is 72.4 Å². The zero-order valence-corrected chi connectivity index (χ0v) is 11.6. The van der Waals surface area contributed by atoms with Crippen LogP contribution in [0.25, 0.3) is 0 Å². The Morgan fingerprint density at radius 3 is 2.63 bits per heavy atom. The van der Waals surface area contributed by atoms with Crippen LogP contribution in [0.1, 0.15) is 19.8 Å². The summed E-state index contributed by atoms with van der Waals surface area (Å²) in [6.45, 7) is 3.59. The molecule has 1 unspecified atom stereocenters. The van der Waals surface area contributed by atoms with E-state index < -0.39 is 4.92 Å². The van der Waals surface area contributed by atoms with Gasteiger partial charge in [-0.05, 0) is 37.8 Å². The number of para-hydroxylation sites is 1. The van der Waals surface area contributed by atoms with Crippen molar-refractivity contribution in [2.45, 2.75) is 25.8 Å². The number of nitrogens with zero attached hydrogens (tertiary/aromatic N) is 2. The van der Waals surface area contributed by atoms with E-state index in [1.54, 1.807) is 18.2 Å². The van der Waals surface area contributed by atoms with Crippen molar-refractivity contribution in [1.29, 1.82) is 0 Å². The Bertz CT molecular complexity index is 471. The van der Waals surface area contributed by atoms with Crippen molar-refractivity contribution in [3.8, 4) is 0 Å². The second-order valence-corrected chi connectivity index (χ2v) is 5.46. The summed E-state index contributed by atoms with van der Waals surface area (Å²) in [7, 11) is 0. The minimum atomic E-state index is -0.407. The summed E-state index contributed by atoms with van der Waals surface area (Å²) in [5, 5.41) is 11.3. The highest BCUT2D eigenvalue weighted by Crippen LogP contribution is 2.36. The van der Waals surface area contributed by atoms with Crippen molar-refractivity contribution >= 4 is 23.0 Å². The van der Waals surface area contributed by atoms with Gasteiger partial charge in [0.15, 0.2) is 0 Å². The van der Waals surface area contributed by atoms with Gasteiger partial charge in [-0.25, -0.2) is 0 Å². The summed E-state index contributed by atoms with van der Waals surface area (Å²) in [6.07, 6.45) is 1.92. The Labute approximate surface area is 117 Å². The van der Waals surface area contributed by atoms with Crippen LogP contribution in [0.15, 0.2) is 18.2 Å². The molecule has 1 aliphatic rings. The minimum Gasteiger partial charge on any atom is -0.366 e. The first-order valence-corrected chi connectivity index (χ1v) is 6.82. The van der Waals surface area contributed by atoms with Crippen molar-refractivity contribution in [2.24, 2.45) is 11.7 Å². The van der Waals surface area contributed by atoms with Crippen molar-refractivity contribution in [3.63, 3.8) is 0 Å². The Morgan fingerprint density at radius 1 is 1.47 bits per heavy atom. The van der Waals surface area contributed by atoms with Gasteiger partial charge in [-0.15, -0.1) is 0 Å². The van der Waals surface area contributed by atoms with Crippen LogP contribution in [0.3, 0.4) is 0 Å². The van der Waals surface area contributed by atoms with E-state index in [0.717, 1.165) is 25.9 Å². The molecule has 0 spiro atoms. The highest BCUT2D eigenvalue weighted by molar-refractivity contribution is 6.33. The highest BCUT2D eigenvalue weighted by atomic mass is 35.5. The smallest absolute Gasteiger partial charge is 0.310 e. The van der Waals surface area contributed by atoms with E-state index in [-0.39, 0.29) is 16.8 Å². The maximum atomic E-state index is 11.1. The predicted octanol–water partition coefficient (Wildman–Crippen LogP) is 2.81. The Balaban J connectivity index is 2.20. The maximum absolute atomic E-state index is 11.1. The molecule has 0 bridgehead atoms. The lowest BCUT2D eigenvalue weighted by atomic mass is 9.90. The number of anilines is 1. The summed E-state index contributed by atoms with van der Waals surface area (Å²) in [6, 6.07) is 5.24. The number of hydrogen-bond donors (Lipinski definition) is 1. The van der Waals surface area contributed by atoms with Crippen LogP contribution in [0.4, 0.5) is 11.4 Å². The molecule has 0 aliphatic carbocycles. The van der Waals surface area contributed by atoms with E-state index in [0.29, 0.717) is 11.6 Å². The molecule has 0 aromatic heterocycles. The molecule has 1 atom stereocenters. The van der Waals surface area contributed by atoms with Crippen LogP contribution in [0, 0.1) is 16.0 Å². The summed E-state index contributed by atoms with van der Waals surface area (Å²) in [5.41, 5.74) is 6.52. The van der Waals surface area contributed by atoms with Gasteiger partial charge in [0.1, 0.15) is 10.7 Å². The quantitative estimate of drug-likeness (QED) is 0.684. The fourth-order valence-corrected chi connectivity index (χ4v) is 2.84. The Hall–Kier alpha value is -1.33. The third-order valence-electron chi connectivity index (χ3n) is 3.77. The molecule has 0 radical (unpaired) electrons. The van der Waals surface area contributed by atoms with Crippen molar-refractivity contribution in [2.75, 3.05) is 18.0 Å². The van der Waals surface area contributed by atoms with Gasteiger partial charge < -0.3 is 10.6 Å². The van der Waals surface area contributed by atoms with Crippen LogP contribution in [0.2, 0.25) is 5.02 Å². The van der Waals surface area contributed by atoms with E-state index in [4.69, 9.17) is 17.3 Å². The SMILES string of the molecule is CC(N)C1CCN(c2cccc(Cl)c2[N+](=O)[O-])CC1. The fourth-order valence-electron chi connectivity index (χ4n) is 2.61. The molecule has 1 fully saturated rings. The number of halogens is 1. The van der Waals surface area contributed by atoms with Gasteiger partial charge >= 0.3 is 5.69 Å². The predicted molar refractivity (Wildman–Crippen MR) is 76.7 cm³/mol. The molecule has 2 rings (SSSR count). The van der Waals surface area contributed by atoms with Gasteiger partial charge in [0.2, 0.25) is 0 Å². The van der Waals surface area contributed by atoms with Gasteiger partial charge in [-0.1, -0.05) is 17.7 Å². The van der Waals surface area contributed by atoms with E-state index >= 15 is 0 Å². The van der Waals surface area contributed by atoms with Gasteiger partial charge in [0.25, 0.3) is 0 Å². The lowest BCUT2D eigenvalue weighted by Gasteiger charge is -2.34. The summed E-state index contributed by atoms with van der Waals surface area (Å²) in [4.78, 5) is 12.8. The van der Waals surface area contributed by atoms with E-state index in [2.05, 4.69) is 0 Å². The Kier molecular flexibility index (Phi) is 4.27. The molecule has 19 heavy (non-hydrogen) atoms. The highest BCUT2D eigenvalue weighted by Gasteiger charge is 2.27. The fraction of sp³-hybridized carbons (Fsp3) is 0.538. The monoisotopic (exact) mass is 283 g/mol. The van der Waals surface area contributed by atoms with Gasteiger partial charge in [-0.2, -0.15) is 0 Å². The Morgan fingerprint density at radius 2 is 2.11 bits per heavy atom. The molecule has 1 aromatic carbocycles. The van der Waals surface area contributed by atoms with Crippen LogP contribution < -0.4 is 10.6 Å². The maximum Gasteiger partial charge on any atom is 0.310 e. The molecule has 1 aromatic rings. The van der Waals surface area contributed by atoms with Crippen molar-refractivity contribution in [1.82, 2.24) is 0 Å². The number of nitro benzene ring substituents is 1. The number of hydrogen-bond acceptors (Lipinski definition) is 4. The molecule has 5 nitrogen and oxygen atoms in total. The zero-order valence-electron chi connectivity index (χ0n) is 10.9. The molecule has 1 saturated heterocycles. The molecular formula is C13H18ClN3O2. The molecule has 6 heteroatoms. The molecule has 0 amide bonds. The molecule has 1 aliphatic heterocycles. The average Bonchev–Trinajstić information content (AvgIpc) is 2.38. The van der Waals surface area contributed by atoms with Crippen LogP contribution in [-0.2, 0) is 0 Å². The number of nitrogens with two attached hydrogens (primary N) is 1. The van der Waals surface area contributed by atoms with Crippen LogP contribution in [0.5, 0.6) is 0 Å². The third kappa shape index (κ3) is 2.98. The van der Waals surface area contributed by atoms with E-state index in [1.807, 2.05) is 11.8 Å². The van der Waals surface area contributed by atoms with Crippen LogP contribution >= 0.6 is 11.6 Å². The first-order chi connectivity index (χ1) is 9.00. The normalized spacial score (nSPS) is 18.4. The van der Waals surface area contributed by atoms with Crippen molar-refractivity contribution < 1.29 is 4.92 Å².